The maximum absolute atomic E-state index is 6.09. The molecule has 1 aromatic heterocycles. The van der Waals surface area contributed by atoms with Crippen molar-refractivity contribution in [2.75, 3.05) is 13.1 Å². The first kappa shape index (κ1) is 13.9. The van der Waals surface area contributed by atoms with E-state index < -0.39 is 0 Å². The van der Waals surface area contributed by atoms with Gasteiger partial charge in [-0.05, 0) is 25.3 Å². The molecule has 5 heteroatoms. The predicted octanol–water partition coefficient (Wildman–Crippen LogP) is 2.91. The Hall–Kier alpha value is -1.72. The van der Waals surface area contributed by atoms with E-state index in [1.54, 1.807) is 0 Å². The Kier molecular flexibility index (Phi) is 3.68. The fraction of sp³-hybridized carbons (Fsp3) is 0.529. The molecule has 1 saturated heterocycles. The Morgan fingerprint density at radius 1 is 1.14 bits per heavy atom. The van der Waals surface area contributed by atoms with Crippen LogP contribution in [0.3, 0.4) is 0 Å². The van der Waals surface area contributed by atoms with Crippen molar-refractivity contribution in [2.24, 2.45) is 0 Å². The van der Waals surface area contributed by atoms with Gasteiger partial charge in [0.1, 0.15) is 0 Å². The van der Waals surface area contributed by atoms with E-state index in [-0.39, 0.29) is 12.2 Å². The van der Waals surface area contributed by atoms with Crippen molar-refractivity contribution in [2.45, 2.75) is 44.4 Å². The molecule has 4 rings (SSSR count). The fourth-order valence-electron chi connectivity index (χ4n) is 3.04. The molecular formula is C17H21N3O2. The summed E-state index contributed by atoms with van der Waals surface area (Å²) in [5, 5.41) is 8.36. The molecule has 0 amide bonds. The van der Waals surface area contributed by atoms with Gasteiger partial charge in [-0.3, -0.25) is 4.90 Å². The molecule has 2 aromatic rings. The summed E-state index contributed by atoms with van der Waals surface area (Å²) in [7, 11) is 0. The highest BCUT2D eigenvalue weighted by molar-refractivity contribution is 5.18. The first-order valence-electron chi connectivity index (χ1n) is 8.03. The molecule has 2 fully saturated rings. The van der Waals surface area contributed by atoms with Crippen molar-refractivity contribution < 1.29 is 9.15 Å². The van der Waals surface area contributed by atoms with E-state index in [1.165, 1.54) is 18.4 Å². The lowest BCUT2D eigenvalue weighted by molar-refractivity contribution is -0.0830. The maximum Gasteiger partial charge on any atom is 0.230 e. The Morgan fingerprint density at radius 3 is 2.73 bits per heavy atom. The Bertz CT molecular complexity index is 624. The molecule has 0 unspecified atom stereocenters. The molecule has 0 bridgehead atoms. The van der Waals surface area contributed by atoms with Gasteiger partial charge in [0, 0.05) is 19.0 Å². The van der Waals surface area contributed by atoms with Gasteiger partial charge in [0.25, 0.3) is 0 Å². The molecule has 22 heavy (non-hydrogen) atoms. The van der Waals surface area contributed by atoms with Gasteiger partial charge in [0.05, 0.1) is 18.8 Å². The molecule has 1 saturated carbocycles. The summed E-state index contributed by atoms with van der Waals surface area (Å²) in [4.78, 5) is 2.34. The second kappa shape index (κ2) is 5.82. The molecule has 0 spiro atoms. The SMILES string of the molecule is C[C@@H]1CN(Cc2nnc(C3CC3)o2)C[C@@H](c2ccccc2)O1. The van der Waals surface area contributed by atoms with Gasteiger partial charge in [0.2, 0.25) is 11.8 Å². The second-order valence-corrected chi connectivity index (χ2v) is 6.35. The van der Waals surface area contributed by atoms with Crippen LogP contribution in [0.4, 0.5) is 0 Å². The van der Waals surface area contributed by atoms with E-state index in [0.29, 0.717) is 12.5 Å². The van der Waals surface area contributed by atoms with Crippen LogP contribution >= 0.6 is 0 Å². The van der Waals surface area contributed by atoms with Crippen LogP contribution in [0.15, 0.2) is 34.7 Å². The Morgan fingerprint density at radius 2 is 1.95 bits per heavy atom. The van der Waals surface area contributed by atoms with E-state index in [0.717, 1.165) is 24.9 Å². The summed E-state index contributed by atoms with van der Waals surface area (Å²) < 4.78 is 11.9. The summed E-state index contributed by atoms with van der Waals surface area (Å²) in [6, 6.07) is 10.4. The van der Waals surface area contributed by atoms with Crippen LogP contribution in [0, 0.1) is 0 Å². The molecule has 2 atom stereocenters. The Labute approximate surface area is 130 Å². The quantitative estimate of drug-likeness (QED) is 0.869. The molecule has 5 nitrogen and oxygen atoms in total. The van der Waals surface area contributed by atoms with E-state index in [2.05, 4.69) is 46.3 Å². The smallest absolute Gasteiger partial charge is 0.230 e. The van der Waals surface area contributed by atoms with Gasteiger partial charge in [-0.15, -0.1) is 10.2 Å². The summed E-state index contributed by atoms with van der Waals surface area (Å²) in [5.41, 5.74) is 1.23. The van der Waals surface area contributed by atoms with Crippen LogP contribution in [0.5, 0.6) is 0 Å². The number of benzene rings is 1. The normalized spacial score (nSPS) is 26.2. The zero-order valence-electron chi connectivity index (χ0n) is 12.8. The topological polar surface area (TPSA) is 51.4 Å². The minimum atomic E-state index is 0.107. The van der Waals surface area contributed by atoms with Gasteiger partial charge in [0.15, 0.2) is 0 Å². The molecule has 1 aromatic carbocycles. The largest absolute Gasteiger partial charge is 0.424 e. The number of aromatic nitrogens is 2. The molecule has 2 aliphatic rings. The van der Waals surface area contributed by atoms with Gasteiger partial charge >= 0.3 is 0 Å². The third kappa shape index (κ3) is 3.05. The van der Waals surface area contributed by atoms with Gasteiger partial charge in [-0.2, -0.15) is 0 Å². The third-order valence-corrected chi connectivity index (χ3v) is 4.28. The standard InChI is InChI=1S/C17H21N3O2/c1-12-9-20(10-15(21-12)13-5-3-2-4-6-13)11-16-18-19-17(22-16)14-7-8-14/h2-6,12,14-15H,7-11H2,1H3/t12-,15+/m1/s1. The van der Waals surface area contributed by atoms with Gasteiger partial charge < -0.3 is 9.15 Å². The predicted molar refractivity (Wildman–Crippen MR) is 81.3 cm³/mol. The van der Waals surface area contributed by atoms with Crippen LogP contribution in [-0.2, 0) is 11.3 Å². The van der Waals surface area contributed by atoms with Crippen LogP contribution in [0.1, 0.15) is 49.1 Å². The van der Waals surface area contributed by atoms with Gasteiger partial charge in [-0.1, -0.05) is 30.3 Å². The lowest BCUT2D eigenvalue weighted by atomic mass is 10.1. The minimum absolute atomic E-state index is 0.107. The summed E-state index contributed by atoms with van der Waals surface area (Å²) >= 11 is 0. The van der Waals surface area contributed by atoms with Crippen LogP contribution in [0.25, 0.3) is 0 Å². The van der Waals surface area contributed by atoms with Gasteiger partial charge in [-0.25, -0.2) is 0 Å². The first-order valence-corrected chi connectivity index (χ1v) is 8.03. The fourth-order valence-corrected chi connectivity index (χ4v) is 3.04. The molecule has 0 radical (unpaired) electrons. The van der Waals surface area contributed by atoms with Crippen LogP contribution < -0.4 is 0 Å². The number of morpholine rings is 1. The van der Waals surface area contributed by atoms with Crippen molar-refractivity contribution in [3.63, 3.8) is 0 Å². The first-order chi connectivity index (χ1) is 10.8. The summed E-state index contributed by atoms with van der Waals surface area (Å²) in [5.74, 6) is 2.06. The van der Waals surface area contributed by atoms with E-state index in [4.69, 9.17) is 9.15 Å². The van der Waals surface area contributed by atoms with Crippen LogP contribution in [0.2, 0.25) is 0 Å². The molecule has 2 heterocycles. The highest BCUT2D eigenvalue weighted by Crippen LogP contribution is 2.39. The number of hydrogen-bond donors (Lipinski definition) is 0. The zero-order chi connectivity index (χ0) is 14.9. The number of nitrogens with zero attached hydrogens (tertiary/aromatic N) is 3. The molecule has 116 valence electrons. The van der Waals surface area contributed by atoms with Crippen molar-refractivity contribution in [1.29, 1.82) is 0 Å². The number of rotatable bonds is 4. The van der Waals surface area contributed by atoms with E-state index >= 15 is 0 Å². The van der Waals surface area contributed by atoms with Crippen LogP contribution in [-0.4, -0.2) is 34.3 Å². The summed E-state index contributed by atoms with van der Waals surface area (Å²) in [6.07, 6.45) is 2.68. The molecule has 1 aliphatic carbocycles. The van der Waals surface area contributed by atoms with Crippen molar-refractivity contribution >= 4 is 0 Å². The number of hydrogen-bond acceptors (Lipinski definition) is 5. The van der Waals surface area contributed by atoms with E-state index in [1.807, 2.05) is 6.07 Å². The summed E-state index contributed by atoms with van der Waals surface area (Å²) in [6.45, 7) is 4.57. The minimum Gasteiger partial charge on any atom is -0.424 e. The zero-order valence-corrected chi connectivity index (χ0v) is 12.8. The molecular weight excluding hydrogens is 278 g/mol. The highest BCUT2D eigenvalue weighted by atomic mass is 16.5. The average Bonchev–Trinajstić information content (AvgIpc) is 3.28. The second-order valence-electron chi connectivity index (χ2n) is 6.35. The monoisotopic (exact) mass is 299 g/mol. The highest BCUT2D eigenvalue weighted by Gasteiger charge is 2.31. The van der Waals surface area contributed by atoms with E-state index in [9.17, 15) is 0 Å². The maximum atomic E-state index is 6.09. The molecule has 1 aliphatic heterocycles. The van der Waals surface area contributed by atoms with Crippen molar-refractivity contribution in [3.8, 4) is 0 Å². The number of ether oxygens (including phenoxy) is 1. The lowest BCUT2D eigenvalue weighted by Gasteiger charge is -2.36. The lowest BCUT2D eigenvalue weighted by Crippen LogP contribution is -2.42. The van der Waals surface area contributed by atoms with Crippen molar-refractivity contribution in [3.05, 3.63) is 47.7 Å². The third-order valence-electron chi connectivity index (χ3n) is 4.28. The average molecular weight is 299 g/mol. The Balaban J connectivity index is 1.44. The molecule has 0 N–H and O–H groups in total. The van der Waals surface area contributed by atoms with Crippen molar-refractivity contribution in [1.82, 2.24) is 15.1 Å².